The molecule has 0 amide bonds. The van der Waals surface area contributed by atoms with Crippen LogP contribution in [0.5, 0.6) is 11.5 Å². The summed E-state index contributed by atoms with van der Waals surface area (Å²) in [6.07, 6.45) is 0. The Bertz CT molecular complexity index is 501. The fraction of sp³-hybridized carbons (Fsp3) is 0. The Hall–Kier alpha value is -0.00857. The molecule has 2 unspecified atom stereocenters. The molecular formula is C12H12BaO6P2. The second-order valence-corrected chi connectivity index (χ2v) is 4.74. The van der Waals surface area contributed by atoms with Crippen molar-refractivity contribution in [3.63, 3.8) is 0 Å². The van der Waals surface area contributed by atoms with Crippen LogP contribution in [0.3, 0.4) is 0 Å². The molecule has 9 heteroatoms. The molecule has 2 atom stereocenters. The van der Waals surface area contributed by atoms with Gasteiger partial charge in [0.25, 0.3) is 0 Å². The van der Waals surface area contributed by atoms with Gasteiger partial charge in [0, 0.05) is 0 Å². The zero-order valence-corrected chi connectivity index (χ0v) is 17.4. The topological polar surface area (TPSA) is 98.7 Å². The Morgan fingerprint density at radius 3 is 1.19 bits per heavy atom. The van der Waals surface area contributed by atoms with Gasteiger partial charge >= 0.3 is 48.9 Å². The molecule has 0 spiro atoms. The van der Waals surface area contributed by atoms with Gasteiger partial charge in [-0.15, -0.1) is 0 Å². The largest absolute Gasteiger partial charge is 2.00 e. The summed E-state index contributed by atoms with van der Waals surface area (Å²) < 4.78 is 28.9. The summed E-state index contributed by atoms with van der Waals surface area (Å²) in [5.41, 5.74) is 0. The molecule has 2 rings (SSSR count). The summed E-state index contributed by atoms with van der Waals surface area (Å²) in [7, 11) is -6.17. The van der Waals surface area contributed by atoms with Gasteiger partial charge in [0.15, 0.2) is 16.5 Å². The van der Waals surface area contributed by atoms with E-state index in [2.05, 4.69) is 9.05 Å². The molecule has 0 aliphatic heterocycles. The van der Waals surface area contributed by atoms with Crippen molar-refractivity contribution >= 4 is 65.4 Å². The second-order valence-electron chi connectivity index (χ2n) is 3.33. The van der Waals surface area contributed by atoms with Crippen molar-refractivity contribution in [2.45, 2.75) is 0 Å². The summed E-state index contributed by atoms with van der Waals surface area (Å²) in [6.45, 7) is 0. The smallest absolute Gasteiger partial charge is 0.771 e. The number of hydrogen-bond acceptors (Lipinski definition) is 6. The van der Waals surface area contributed by atoms with Gasteiger partial charge in [-0.3, -0.25) is 9.13 Å². The number of hydrogen-bond donors (Lipinski definition) is 0. The van der Waals surface area contributed by atoms with E-state index >= 15 is 0 Å². The monoisotopic (exact) mass is 452 g/mol. The standard InChI is InChI=1S/2C6H7O3P.Ba/c2*7-10(8)9-6-4-2-1-3-5-6;/h2*1-5,10H,(H,7,8);/q;;+2/p-2. The molecule has 0 heterocycles. The molecule has 0 bridgehead atoms. The first-order chi connectivity index (χ1) is 9.58. The molecule has 0 saturated heterocycles. The third kappa shape index (κ3) is 11.2. The average Bonchev–Trinajstić information content (AvgIpc) is 2.40. The van der Waals surface area contributed by atoms with Gasteiger partial charge in [-0.05, 0) is 24.3 Å². The van der Waals surface area contributed by atoms with E-state index in [0.29, 0.717) is 11.5 Å². The molecule has 2 aromatic rings. The Balaban J connectivity index is 0.000000364. The van der Waals surface area contributed by atoms with Crippen molar-refractivity contribution in [2.75, 3.05) is 0 Å². The third-order valence-corrected chi connectivity index (χ3v) is 2.69. The molecule has 0 N–H and O–H groups in total. The van der Waals surface area contributed by atoms with E-state index in [1.807, 2.05) is 0 Å². The average molecular weight is 451 g/mol. The third-order valence-electron chi connectivity index (χ3n) is 1.89. The number of benzene rings is 2. The van der Waals surface area contributed by atoms with Crippen LogP contribution in [0.2, 0.25) is 0 Å². The van der Waals surface area contributed by atoms with Crippen molar-refractivity contribution in [3.05, 3.63) is 60.7 Å². The van der Waals surface area contributed by atoms with E-state index in [1.165, 1.54) is 0 Å². The van der Waals surface area contributed by atoms with Crippen molar-refractivity contribution < 1.29 is 28.0 Å². The Kier molecular flexibility index (Phi) is 12.5. The molecule has 0 aliphatic rings. The van der Waals surface area contributed by atoms with Crippen LogP contribution in [0, 0.1) is 0 Å². The van der Waals surface area contributed by atoms with Crippen LogP contribution in [-0.4, -0.2) is 48.9 Å². The maximum absolute atomic E-state index is 10.0. The van der Waals surface area contributed by atoms with E-state index < -0.39 is 16.5 Å². The molecule has 0 radical (unpaired) electrons. The van der Waals surface area contributed by atoms with E-state index in [9.17, 15) is 18.9 Å². The summed E-state index contributed by atoms with van der Waals surface area (Å²) >= 11 is 0. The first kappa shape index (κ1) is 21.0. The zero-order chi connectivity index (χ0) is 14.8. The molecule has 0 fully saturated rings. The van der Waals surface area contributed by atoms with Crippen molar-refractivity contribution in [2.24, 2.45) is 0 Å². The normalized spacial score (nSPS) is 11.9. The Morgan fingerprint density at radius 1 is 0.667 bits per heavy atom. The van der Waals surface area contributed by atoms with Crippen LogP contribution >= 0.6 is 16.5 Å². The van der Waals surface area contributed by atoms with E-state index in [4.69, 9.17) is 0 Å². The maximum Gasteiger partial charge on any atom is 2.00 e. The van der Waals surface area contributed by atoms with Crippen molar-refractivity contribution in [1.29, 1.82) is 0 Å². The fourth-order valence-electron chi connectivity index (χ4n) is 1.17. The maximum atomic E-state index is 10.0. The van der Waals surface area contributed by atoms with Gasteiger partial charge in [0.2, 0.25) is 0 Å². The van der Waals surface area contributed by atoms with Crippen molar-refractivity contribution in [3.8, 4) is 11.5 Å². The summed E-state index contributed by atoms with van der Waals surface area (Å²) in [5.74, 6) is 0.725. The first-order valence-electron chi connectivity index (χ1n) is 5.45. The predicted octanol–water partition coefficient (Wildman–Crippen LogP) is 1.25. The van der Waals surface area contributed by atoms with E-state index in [-0.39, 0.29) is 48.9 Å². The van der Waals surface area contributed by atoms with Crippen molar-refractivity contribution in [1.82, 2.24) is 0 Å². The van der Waals surface area contributed by atoms with Gasteiger partial charge in [0.1, 0.15) is 11.5 Å². The Morgan fingerprint density at radius 2 is 0.952 bits per heavy atom. The number of rotatable bonds is 4. The summed E-state index contributed by atoms with van der Waals surface area (Å²) in [6, 6.07) is 16.7. The minimum Gasteiger partial charge on any atom is -0.771 e. The molecule has 21 heavy (non-hydrogen) atoms. The molecule has 2 aromatic carbocycles. The van der Waals surface area contributed by atoms with Crippen LogP contribution in [0.25, 0.3) is 0 Å². The molecule has 0 aromatic heterocycles. The van der Waals surface area contributed by atoms with Crippen LogP contribution in [0.1, 0.15) is 0 Å². The van der Waals surface area contributed by atoms with Gasteiger partial charge in [0.05, 0.1) is 0 Å². The van der Waals surface area contributed by atoms with E-state index in [1.54, 1.807) is 60.7 Å². The van der Waals surface area contributed by atoms with Crippen LogP contribution in [0.4, 0.5) is 0 Å². The number of para-hydroxylation sites is 2. The minimum atomic E-state index is -3.09. The van der Waals surface area contributed by atoms with Gasteiger partial charge in [-0.1, -0.05) is 36.4 Å². The second kappa shape index (κ2) is 12.5. The van der Waals surface area contributed by atoms with Gasteiger partial charge in [-0.2, -0.15) is 0 Å². The fourth-order valence-corrected chi connectivity index (χ4v) is 1.83. The predicted molar refractivity (Wildman–Crippen MR) is 77.9 cm³/mol. The van der Waals surface area contributed by atoms with Gasteiger partial charge < -0.3 is 18.8 Å². The molecule has 6 nitrogen and oxygen atoms in total. The first-order valence-corrected chi connectivity index (χ1v) is 7.90. The van der Waals surface area contributed by atoms with Crippen LogP contribution in [0.15, 0.2) is 60.7 Å². The summed E-state index contributed by atoms with van der Waals surface area (Å²) in [5, 5.41) is 0. The van der Waals surface area contributed by atoms with Crippen LogP contribution in [-0.2, 0) is 9.13 Å². The SMILES string of the molecule is O=[PH]([O-])Oc1ccccc1.O=[PH]([O-])Oc1ccccc1.[Ba+2]. The molecular weight excluding hydrogens is 439 g/mol. The van der Waals surface area contributed by atoms with Gasteiger partial charge in [-0.25, -0.2) is 0 Å². The minimum absolute atomic E-state index is 0. The zero-order valence-electron chi connectivity index (χ0n) is 10.9. The molecule has 0 saturated carbocycles. The molecule has 108 valence electrons. The Labute approximate surface area is 164 Å². The quantitative estimate of drug-likeness (QED) is 0.513. The summed E-state index contributed by atoms with van der Waals surface area (Å²) in [4.78, 5) is 20.0. The van der Waals surface area contributed by atoms with E-state index in [0.717, 1.165) is 0 Å². The molecule has 0 aliphatic carbocycles. The van der Waals surface area contributed by atoms with Crippen LogP contribution < -0.4 is 18.8 Å².